The van der Waals surface area contributed by atoms with E-state index in [-0.39, 0.29) is 19.1 Å². The number of aromatic nitrogens is 1. The van der Waals surface area contributed by atoms with Gasteiger partial charge in [0.1, 0.15) is 17.9 Å². The number of rotatable bonds is 6. The van der Waals surface area contributed by atoms with Crippen molar-refractivity contribution in [2.45, 2.75) is 12.5 Å². The van der Waals surface area contributed by atoms with Crippen LogP contribution in [0.1, 0.15) is 5.56 Å². The largest absolute Gasteiger partial charge is 0.573 e. The molecule has 28 heavy (non-hydrogen) atoms. The minimum absolute atomic E-state index is 0.0814. The summed E-state index contributed by atoms with van der Waals surface area (Å²) in [5, 5.41) is 2.61. The smallest absolute Gasteiger partial charge is 0.475 e. The monoisotopic (exact) mass is 408 g/mol. The Morgan fingerprint density at radius 1 is 1.07 bits per heavy atom. The molecule has 0 atom stereocenters. The number of anilines is 1. The third-order valence-corrected chi connectivity index (χ3v) is 3.05. The van der Waals surface area contributed by atoms with E-state index < -0.39 is 29.7 Å². The van der Waals surface area contributed by atoms with Crippen LogP contribution in [0.15, 0.2) is 47.6 Å². The van der Waals surface area contributed by atoms with Gasteiger partial charge in [-0.3, -0.25) is 0 Å². The SMILES string of the molecule is NC(=NCCOc1ncccc1C(F)(F)F)Nc1ccc(OC(F)(F)F)cc1. The number of hydrogen-bond acceptors (Lipinski definition) is 4. The molecular weight excluding hydrogens is 394 g/mol. The lowest BCUT2D eigenvalue weighted by atomic mass is 10.2. The summed E-state index contributed by atoms with van der Waals surface area (Å²) in [7, 11) is 0. The van der Waals surface area contributed by atoms with E-state index in [1.54, 1.807) is 0 Å². The van der Waals surface area contributed by atoms with Gasteiger partial charge in [0.15, 0.2) is 5.96 Å². The normalized spacial score (nSPS) is 12.6. The molecule has 0 unspecified atom stereocenters. The summed E-state index contributed by atoms with van der Waals surface area (Å²) in [4.78, 5) is 7.38. The number of ether oxygens (including phenoxy) is 2. The van der Waals surface area contributed by atoms with E-state index in [2.05, 4.69) is 20.0 Å². The van der Waals surface area contributed by atoms with Crippen LogP contribution in [-0.2, 0) is 6.18 Å². The third kappa shape index (κ3) is 6.85. The van der Waals surface area contributed by atoms with E-state index in [1.165, 1.54) is 12.1 Å². The number of pyridine rings is 1. The second kappa shape index (κ2) is 8.67. The summed E-state index contributed by atoms with van der Waals surface area (Å²) in [6.07, 6.45) is -8.24. The van der Waals surface area contributed by atoms with Crippen LogP contribution in [0.4, 0.5) is 32.0 Å². The molecule has 0 aliphatic carbocycles. The average Bonchev–Trinajstić information content (AvgIpc) is 2.59. The zero-order valence-corrected chi connectivity index (χ0v) is 14.0. The van der Waals surface area contributed by atoms with Crippen molar-refractivity contribution in [2.75, 3.05) is 18.5 Å². The van der Waals surface area contributed by atoms with E-state index in [0.717, 1.165) is 30.5 Å². The van der Waals surface area contributed by atoms with Gasteiger partial charge in [0.05, 0.1) is 6.54 Å². The van der Waals surface area contributed by atoms with Crippen molar-refractivity contribution in [3.63, 3.8) is 0 Å². The van der Waals surface area contributed by atoms with E-state index in [1.807, 2.05) is 0 Å². The highest BCUT2D eigenvalue weighted by Gasteiger charge is 2.35. The Kier molecular flexibility index (Phi) is 6.54. The lowest BCUT2D eigenvalue weighted by Gasteiger charge is -2.12. The van der Waals surface area contributed by atoms with Gasteiger partial charge < -0.3 is 20.5 Å². The van der Waals surface area contributed by atoms with Crippen LogP contribution in [0.25, 0.3) is 0 Å². The molecule has 2 aromatic rings. The summed E-state index contributed by atoms with van der Waals surface area (Å²) in [6.45, 7) is -0.303. The van der Waals surface area contributed by atoms with Gasteiger partial charge in [0.25, 0.3) is 0 Å². The van der Waals surface area contributed by atoms with Crippen molar-refractivity contribution in [1.29, 1.82) is 0 Å². The third-order valence-electron chi connectivity index (χ3n) is 3.05. The number of hydrogen-bond donors (Lipinski definition) is 2. The molecule has 0 saturated heterocycles. The molecule has 3 N–H and O–H groups in total. The van der Waals surface area contributed by atoms with Crippen molar-refractivity contribution in [2.24, 2.45) is 10.7 Å². The van der Waals surface area contributed by atoms with Crippen molar-refractivity contribution in [3.8, 4) is 11.6 Å². The molecule has 0 aliphatic heterocycles. The number of nitrogens with one attached hydrogen (secondary N) is 1. The maximum Gasteiger partial charge on any atom is 0.573 e. The predicted octanol–water partition coefficient (Wildman–Crippen LogP) is 3.80. The van der Waals surface area contributed by atoms with E-state index in [4.69, 9.17) is 10.5 Å². The first-order chi connectivity index (χ1) is 13.0. The number of alkyl halides is 6. The topological polar surface area (TPSA) is 81.8 Å². The molecule has 2 rings (SSSR count). The van der Waals surface area contributed by atoms with Gasteiger partial charge in [-0.15, -0.1) is 13.2 Å². The first-order valence-electron chi connectivity index (χ1n) is 7.62. The Bertz CT molecular complexity index is 806. The number of nitrogens with zero attached hydrogens (tertiary/aromatic N) is 2. The van der Waals surface area contributed by atoms with Gasteiger partial charge in [0.2, 0.25) is 5.88 Å². The van der Waals surface area contributed by atoms with Crippen molar-refractivity contribution < 1.29 is 35.8 Å². The molecular formula is C16H14F6N4O2. The zero-order valence-electron chi connectivity index (χ0n) is 14.0. The van der Waals surface area contributed by atoms with Crippen LogP contribution in [0.3, 0.4) is 0 Å². The first-order valence-corrected chi connectivity index (χ1v) is 7.62. The van der Waals surface area contributed by atoms with Crippen LogP contribution in [-0.4, -0.2) is 30.5 Å². The fraction of sp³-hybridized carbons (Fsp3) is 0.250. The molecule has 1 heterocycles. The second-order valence-corrected chi connectivity index (χ2v) is 5.17. The summed E-state index contributed by atoms with van der Waals surface area (Å²) < 4.78 is 83.3. The lowest BCUT2D eigenvalue weighted by Crippen LogP contribution is -2.23. The fourth-order valence-corrected chi connectivity index (χ4v) is 1.96. The Hall–Kier alpha value is -3.18. The van der Waals surface area contributed by atoms with E-state index in [9.17, 15) is 26.3 Å². The quantitative estimate of drug-likeness (QED) is 0.329. The zero-order chi connectivity index (χ0) is 20.8. The predicted molar refractivity (Wildman–Crippen MR) is 88.0 cm³/mol. The number of aliphatic imine (C=N–C) groups is 1. The molecule has 0 amide bonds. The summed E-state index contributed by atoms with van der Waals surface area (Å²) in [5.41, 5.74) is 4.93. The van der Waals surface area contributed by atoms with Crippen molar-refractivity contribution in [3.05, 3.63) is 48.2 Å². The fourth-order valence-electron chi connectivity index (χ4n) is 1.96. The first kappa shape index (κ1) is 21.1. The molecule has 152 valence electrons. The highest BCUT2D eigenvalue weighted by atomic mass is 19.4. The van der Waals surface area contributed by atoms with Gasteiger partial charge in [0, 0.05) is 11.9 Å². The van der Waals surface area contributed by atoms with Gasteiger partial charge in [-0.05, 0) is 36.4 Å². The maximum absolute atomic E-state index is 12.8. The van der Waals surface area contributed by atoms with Crippen molar-refractivity contribution >= 4 is 11.6 Å². The minimum Gasteiger partial charge on any atom is -0.475 e. The molecule has 0 spiro atoms. The highest BCUT2D eigenvalue weighted by molar-refractivity contribution is 5.92. The van der Waals surface area contributed by atoms with Crippen LogP contribution in [0, 0.1) is 0 Å². The molecule has 1 aromatic heterocycles. The second-order valence-electron chi connectivity index (χ2n) is 5.17. The number of benzene rings is 1. The molecule has 0 bridgehead atoms. The van der Waals surface area contributed by atoms with Crippen LogP contribution < -0.4 is 20.5 Å². The van der Waals surface area contributed by atoms with Crippen molar-refractivity contribution in [1.82, 2.24) is 4.98 Å². The van der Waals surface area contributed by atoms with Crippen LogP contribution in [0.5, 0.6) is 11.6 Å². The molecule has 6 nitrogen and oxygen atoms in total. The molecule has 12 heteroatoms. The lowest BCUT2D eigenvalue weighted by molar-refractivity contribution is -0.274. The number of nitrogens with two attached hydrogens (primary N) is 1. The Labute approximate surface area is 155 Å². The summed E-state index contributed by atoms with van der Waals surface area (Å²) in [5.74, 6) is -1.08. The van der Waals surface area contributed by atoms with Crippen LogP contribution in [0.2, 0.25) is 0 Å². The molecule has 0 radical (unpaired) electrons. The van der Waals surface area contributed by atoms with Gasteiger partial charge >= 0.3 is 12.5 Å². The minimum atomic E-state index is -4.80. The Balaban J connectivity index is 1.85. The summed E-state index contributed by atoms with van der Waals surface area (Å²) >= 11 is 0. The molecule has 0 aliphatic rings. The Morgan fingerprint density at radius 2 is 1.75 bits per heavy atom. The molecule has 0 saturated carbocycles. The van der Waals surface area contributed by atoms with Crippen LogP contribution >= 0.6 is 0 Å². The maximum atomic E-state index is 12.8. The Morgan fingerprint density at radius 3 is 2.36 bits per heavy atom. The molecule has 1 aromatic carbocycles. The average molecular weight is 408 g/mol. The highest BCUT2D eigenvalue weighted by Crippen LogP contribution is 2.34. The van der Waals surface area contributed by atoms with Gasteiger partial charge in [-0.2, -0.15) is 13.2 Å². The number of guanidine groups is 1. The number of halogens is 6. The standard InChI is InChI=1S/C16H14F6N4O2/c17-15(18,19)12-2-1-7-24-13(12)27-9-8-25-14(23)26-10-3-5-11(6-4-10)28-16(20,21)22/h1-7H,8-9H2,(H3,23,25,26). The summed E-state index contributed by atoms with van der Waals surface area (Å²) in [6, 6.07) is 6.69. The van der Waals surface area contributed by atoms with Gasteiger partial charge in [-0.25, -0.2) is 9.98 Å². The van der Waals surface area contributed by atoms with Gasteiger partial charge in [-0.1, -0.05) is 0 Å². The van der Waals surface area contributed by atoms with E-state index in [0.29, 0.717) is 5.69 Å². The van der Waals surface area contributed by atoms with E-state index >= 15 is 0 Å². The molecule has 0 fully saturated rings.